The van der Waals surface area contributed by atoms with Gasteiger partial charge in [0.25, 0.3) is 0 Å². The van der Waals surface area contributed by atoms with Gasteiger partial charge < -0.3 is 14.7 Å². The molecule has 3 aliphatic rings. The second-order valence-corrected chi connectivity index (χ2v) is 4.59. The number of hydrogen-bond donors (Lipinski definition) is 1. The van der Waals surface area contributed by atoms with E-state index in [0.717, 1.165) is 0 Å². The second-order valence-electron chi connectivity index (χ2n) is 4.59. The Morgan fingerprint density at radius 1 is 1.75 bits per heavy atom. The smallest absolute Gasteiger partial charge is 0.310 e. The minimum absolute atomic E-state index is 0.0817. The van der Waals surface area contributed by atoms with Crippen LogP contribution in [0.5, 0.6) is 0 Å². The zero-order valence-electron chi connectivity index (χ0n) is 8.92. The standard InChI is InChI=1S/C11H13NO4/c1-2-12-5-11-4-3-6(16-11)7(10(14)15)8(11)9(12)13/h3-4,6-8H,2,5H2,1H3,(H,14,15)/t6-,7-,8-,11+/m0/s1. The van der Waals surface area contributed by atoms with Crippen molar-refractivity contribution < 1.29 is 19.4 Å². The van der Waals surface area contributed by atoms with Gasteiger partial charge in [-0.2, -0.15) is 0 Å². The Hall–Kier alpha value is -1.36. The summed E-state index contributed by atoms with van der Waals surface area (Å²) in [5, 5.41) is 9.17. The highest BCUT2D eigenvalue weighted by Crippen LogP contribution is 2.51. The van der Waals surface area contributed by atoms with Gasteiger partial charge >= 0.3 is 5.97 Å². The van der Waals surface area contributed by atoms with Crippen LogP contribution in [-0.2, 0) is 14.3 Å². The number of aliphatic carboxylic acids is 1. The molecule has 1 N–H and O–H groups in total. The number of amides is 1. The lowest BCUT2D eigenvalue weighted by Gasteiger charge is -2.21. The highest BCUT2D eigenvalue weighted by molar-refractivity contribution is 5.90. The molecule has 0 aromatic heterocycles. The lowest BCUT2D eigenvalue weighted by molar-refractivity contribution is -0.148. The molecule has 0 aromatic carbocycles. The largest absolute Gasteiger partial charge is 0.481 e. The number of carboxylic acid groups (broad SMARTS) is 1. The Morgan fingerprint density at radius 3 is 3.12 bits per heavy atom. The van der Waals surface area contributed by atoms with Crippen molar-refractivity contribution in [3.8, 4) is 0 Å². The first-order chi connectivity index (χ1) is 7.59. The molecule has 0 saturated carbocycles. The number of hydrogen-bond acceptors (Lipinski definition) is 3. The van der Waals surface area contributed by atoms with Crippen LogP contribution >= 0.6 is 0 Å². The molecule has 3 heterocycles. The van der Waals surface area contributed by atoms with Crippen LogP contribution in [0.1, 0.15) is 6.92 Å². The first-order valence-electron chi connectivity index (χ1n) is 5.48. The van der Waals surface area contributed by atoms with Crippen LogP contribution in [0.2, 0.25) is 0 Å². The molecule has 0 unspecified atom stereocenters. The quantitative estimate of drug-likeness (QED) is 0.662. The van der Waals surface area contributed by atoms with Crippen molar-refractivity contribution in [1.29, 1.82) is 0 Å². The average Bonchev–Trinajstić information content (AvgIpc) is 2.86. The van der Waals surface area contributed by atoms with Crippen molar-refractivity contribution in [2.24, 2.45) is 11.8 Å². The molecular formula is C11H13NO4. The van der Waals surface area contributed by atoms with E-state index in [1.807, 2.05) is 13.0 Å². The first kappa shape index (κ1) is 9.84. The van der Waals surface area contributed by atoms with Crippen molar-refractivity contribution in [3.05, 3.63) is 12.2 Å². The summed E-state index contributed by atoms with van der Waals surface area (Å²) in [6.07, 6.45) is 3.22. The van der Waals surface area contributed by atoms with Gasteiger partial charge in [-0.25, -0.2) is 0 Å². The molecule has 3 aliphatic heterocycles. The second kappa shape index (κ2) is 2.85. The van der Waals surface area contributed by atoms with E-state index in [0.29, 0.717) is 13.1 Å². The minimum atomic E-state index is -0.937. The Kier molecular flexibility index (Phi) is 1.75. The number of likely N-dealkylation sites (N-methyl/N-ethyl adjacent to an activating group) is 1. The number of rotatable bonds is 2. The van der Waals surface area contributed by atoms with Crippen LogP contribution in [0.3, 0.4) is 0 Å². The third kappa shape index (κ3) is 0.942. The van der Waals surface area contributed by atoms with Crippen molar-refractivity contribution in [2.75, 3.05) is 13.1 Å². The Bertz CT molecular complexity index is 405. The van der Waals surface area contributed by atoms with Crippen LogP contribution in [0.4, 0.5) is 0 Å². The summed E-state index contributed by atoms with van der Waals surface area (Å²) in [7, 11) is 0. The monoisotopic (exact) mass is 223 g/mol. The van der Waals surface area contributed by atoms with Crippen LogP contribution in [0.15, 0.2) is 12.2 Å². The number of carbonyl (C=O) groups excluding carboxylic acids is 1. The molecule has 5 heteroatoms. The number of ether oxygens (including phenoxy) is 1. The zero-order valence-corrected chi connectivity index (χ0v) is 8.92. The van der Waals surface area contributed by atoms with Crippen molar-refractivity contribution in [3.63, 3.8) is 0 Å². The zero-order chi connectivity index (χ0) is 11.5. The lowest BCUT2D eigenvalue weighted by Crippen LogP contribution is -2.39. The maximum atomic E-state index is 12.1. The predicted molar refractivity (Wildman–Crippen MR) is 53.6 cm³/mol. The number of likely N-dealkylation sites (tertiary alicyclic amines) is 1. The maximum absolute atomic E-state index is 12.1. The maximum Gasteiger partial charge on any atom is 0.310 e. The summed E-state index contributed by atoms with van der Waals surface area (Å²) in [5.74, 6) is -2.26. The third-order valence-electron chi connectivity index (χ3n) is 3.85. The van der Waals surface area contributed by atoms with Crippen LogP contribution in [0.25, 0.3) is 0 Å². The molecule has 2 fully saturated rings. The van der Waals surface area contributed by atoms with E-state index in [1.54, 1.807) is 11.0 Å². The molecule has 86 valence electrons. The molecular weight excluding hydrogens is 210 g/mol. The number of carboxylic acids is 1. The van der Waals surface area contributed by atoms with Gasteiger partial charge in [-0.1, -0.05) is 12.2 Å². The predicted octanol–water partition coefficient (Wildman–Crippen LogP) is -0.127. The average molecular weight is 223 g/mol. The van der Waals surface area contributed by atoms with E-state index < -0.39 is 29.5 Å². The van der Waals surface area contributed by atoms with Gasteiger partial charge in [-0.15, -0.1) is 0 Å². The molecule has 2 saturated heterocycles. The first-order valence-corrected chi connectivity index (χ1v) is 5.48. The SMILES string of the molecule is CCN1C[C@@]23C=C[C@H](O2)[C@H](C(=O)O)[C@H]3C1=O. The molecule has 16 heavy (non-hydrogen) atoms. The van der Waals surface area contributed by atoms with Crippen LogP contribution in [-0.4, -0.2) is 46.7 Å². The molecule has 3 rings (SSSR count). The molecule has 0 aliphatic carbocycles. The molecule has 2 bridgehead atoms. The fourth-order valence-electron chi connectivity index (χ4n) is 3.13. The van der Waals surface area contributed by atoms with Gasteiger partial charge in [0, 0.05) is 6.54 Å². The van der Waals surface area contributed by atoms with E-state index >= 15 is 0 Å². The van der Waals surface area contributed by atoms with Crippen LogP contribution in [0, 0.1) is 11.8 Å². The molecule has 4 atom stereocenters. The summed E-state index contributed by atoms with van der Waals surface area (Å²) >= 11 is 0. The summed E-state index contributed by atoms with van der Waals surface area (Å²) < 4.78 is 5.71. The van der Waals surface area contributed by atoms with Gasteiger partial charge in [-0.3, -0.25) is 9.59 Å². The number of nitrogens with zero attached hydrogens (tertiary/aromatic N) is 1. The summed E-state index contributed by atoms with van der Waals surface area (Å²) in [5.41, 5.74) is -0.666. The Balaban J connectivity index is 2.03. The Morgan fingerprint density at radius 2 is 2.50 bits per heavy atom. The van der Waals surface area contributed by atoms with Gasteiger partial charge in [-0.05, 0) is 6.92 Å². The Labute approximate surface area is 92.7 Å². The van der Waals surface area contributed by atoms with E-state index in [2.05, 4.69) is 0 Å². The van der Waals surface area contributed by atoms with Gasteiger partial charge in [0.2, 0.25) is 5.91 Å². The molecule has 0 aromatic rings. The molecule has 5 nitrogen and oxygen atoms in total. The minimum Gasteiger partial charge on any atom is -0.481 e. The molecule has 0 radical (unpaired) electrons. The van der Waals surface area contributed by atoms with Crippen molar-refractivity contribution in [2.45, 2.75) is 18.6 Å². The normalized spacial score (nSPS) is 44.2. The van der Waals surface area contributed by atoms with Crippen molar-refractivity contribution in [1.82, 2.24) is 4.90 Å². The molecule has 1 amide bonds. The van der Waals surface area contributed by atoms with Crippen molar-refractivity contribution >= 4 is 11.9 Å². The van der Waals surface area contributed by atoms with Crippen LogP contribution < -0.4 is 0 Å². The molecule has 1 spiro atoms. The van der Waals surface area contributed by atoms with E-state index in [9.17, 15) is 14.7 Å². The fraction of sp³-hybridized carbons (Fsp3) is 0.636. The van der Waals surface area contributed by atoms with Gasteiger partial charge in [0.1, 0.15) is 11.5 Å². The summed E-state index contributed by atoms with van der Waals surface area (Å²) in [6.45, 7) is 2.98. The highest BCUT2D eigenvalue weighted by Gasteiger charge is 2.66. The summed E-state index contributed by atoms with van der Waals surface area (Å²) in [6, 6.07) is 0. The third-order valence-corrected chi connectivity index (χ3v) is 3.85. The van der Waals surface area contributed by atoms with E-state index in [-0.39, 0.29) is 5.91 Å². The van der Waals surface area contributed by atoms with Gasteiger partial charge in [0.05, 0.1) is 18.6 Å². The topological polar surface area (TPSA) is 66.8 Å². The number of carbonyl (C=O) groups is 2. The fourth-order valence-corrected chi connectivity index (χ4v) is 3.13. The number of fused-ring (bicyclic) bond motifs is 1. The summed E-state index contributed by atoms with van der Waals surface area (Å²) in [4.78, 5) is 24.9. The van der Waals surface area contributed by atoms with E-state index in [1.165, 1.54) is 0 Å². The van der Waals surface area contributed by atoms with E-state index in [4.69, 9.17) is 4.74 Å². The lowest BCUT2D eigenvalue weighted by atomic mass is 9.77. The highest BCUT2D eigenvalue weighted by atomic mass is 16.5. The van der Waals surface area contributed by atoms with Gasteiger partial charge in [0.15, 0.2) is 0 Å².